The maximum atomic E-state index is 13.3. The Morgan fingerprint density at radius 1 is 0.914 bits per heavy atom. The first kappa shape index (κ1) is 25.7. The number of hydrogen-bond acceptors (Lipinski definition) is 4. The minimum atomic E-state index is -3.43. The number of fused-ring (bicyclic) bond motifs is 5. The molecule has 196 valence electrons. The summed E-state index contributed by atoms with van der Waals surface area (Å²) in [7, 11) is -3.43. The molecule has 4 aliphatic carbocycles. The molecular weight excluding hydrogens is 456 g/mol. The standard InChI is InChI=1S/C30H46O4S/c1-29-18-15-28-26(12-9-22-20-23(32)14-17-30(22,28)2)27(29)13-10-21(29)8-11-25(16-19-31)35(33,34)24-6-4-3-5-7-24/h3-7,21-23,25-28,31-32H,8-20H2,1-2H3. The summed E-state index contributed by atoms with van der Waals surface area (Å²) in [5.41, 5.74) is 0.719. The average molecular weight is 503 g/mol. The summed E-state index contributed by atoms with van der Waals surface area (Å²) in [5.74, 6) is 3.64. The molecule has 0 spiro atoms. The van der Waals surface area contributed by atoms with E-state index in [1.807, 2.05) is 6.07 Å². The molecule has 4 fully saturated rings. The van der Waals surface area contributed by atoms with Gasteiger partial charge in [-0.15, -0.1) is 0 Å². The lowest BCUT2D eigenvalue weighted by Gasteiger charge is -2.61. The molecule has 0 aromatic heterocycles. The fourth-order valence-electron chi connectivity index (χ4n) is 9.61. The Kier molecular flexibility index (Phi) is 7.17. The second-order valence-corrected chi connectivity index (χ2v) is 15.2. The Morgan fingerprint density at radius 2 is 1.63 bits per heavy atom. The Morgan fingerprint density at radius 3 is 2.37 bits per heavy atom. The molecule has 2 N–H and O–H groups in total. The van der Waals surface area contributed by atoms with Gasteiger partial charge in [-0.25, -0.2) is 8.42 Å². The van der Waals surface area contributed by atoms with Gasteiger partial charge in [0.15, 0.2) is 9.84 Å². The summed E-state index contributed by atoms with van der Waals surface area (Å²) in [4.78, 5) is 0.386. The summed E-state index contributed by atoms with van der Waals surface area (Å²) in [6.45, 7) is 4.99. The number of sulfone groups is 1. The zero-order chi connectivity index (χ0) is 24.8. The smallest absolute Gasteiger partial charge is 0.181 e. The SMILES string of the molecule is CC12CCC3C(CCC4CC(O)CCC43C)C1CCC2CCC(CCO)S(=O)(=O)c1ccccc1. The molecule has 9 unspecified atom stereocenters. The van der Waals surface area contributed by atoms with Crippen LogP contribution in [0.2, 0.25) is 0 Å². The molecule has 0 amide bonds. The summed E-state index contributed by atoms with van der Waals surface area (Å²) in [6, 6.07) is 8.79. The molecule has 0 heterocycles. The van der Waals surface area contributed by atoms with E-state index in [1.54, 1.807) is 24.3 Å². The molecule has 0 aliphatic heterocycles. The van der Waals surface area contributed by atoms with Crippen molar-refractivity contribution in [2.75, 3.05) is 6.61 Å². The van der Waals surface area contributed by atoms with Gasteiger partial charge in [0.2, 0.25) is 0 Å². The van der Waals surface area contributed by atoms with Gasteiger partial charge in [0.05, 0.1) is 16.2 Å². The van der Waals surface area contributed by atoms with Gasteiger partial charge in [-0.2, -0.15) is 0 Å². The van der Waals surface area contributed by atoms with E-state index in [9.17, 15) is 18.6 Å². The molecule has 1 aromatic carbocycles. The van der Waals surface area contributed by atoms with Crippen LogP contribution in [0.4, 0.5) is 0 Å². The van der Waals surface area contributed by atoms with E-state index in [-0.39, 0.29) is 12.7 Å². The second kappa shape index (κ2) is 9.76. The Hall–Kier alpha value is -0.910. The molecule has 4 saturated carbocycles. The highest BCUT2D eigenvalue weighted by Crippen LogP contribution is 2.68. The minimum absolute atomic E-state index is 0.0838. The third-order valence-electron chi connectivity index (χ3n) is 11.6. The van der Waals surface area contributed by atoms with Crippen molar-refractivity contribution in [2.24, 2.45) is 40.4 Å². The first-order chi connectivity index (χ1) is 16.7. The lowest BCUT2D eigenvalue weighted by Crippen LogP contribution is -2.53. The molecule has 1 aromatic rings. The number of benzene rings is 1. The molecule has 0 radical (unpaired) electrons. The van der Waals surface area contributed by atoms with Gasteiger partial charge < -0.3 is 10.2 Å². The molecule has 35 heavy (non-hydrogen) atoms. The lowest BCUT2D eigenvalue weighted by atomic mass is 9.44. The molecule has 0 bridgehead atoms. The fourth-order valence-corrected chi connectivity index (χ4v) is 11.4. The molecule has 0 saturated heterocycles. The van der Waals surface area contributed by atoms with E-state index in [4.69, 9.17) is 0 Å². The van der Waals surface area contributed by atoms with Gasteiger partial charge in [0.1, 0.15) is 0 Å². The van der Waals surface area contributed by atoms with Crippen molar-refractivity contribution in [3.8, 4) is 0 Å². The molecule has 5 rings (SSSR count). The van der Waals surface area contributed by atoms with Crippen molar-refractivity contribution in [1.29, 1.82) is 0 Å². The van der Waals surface area contributed by atoms with Crippen LogP contribution in [0.5, 0.6) is 0 Å². The normalized spacial score (nSPS) is 42.1. The van der Waals surface area contributed by atoms with E-state index in [0.717, 1.165) is 37.0 Å². The molecule has 5 heteroatoms. The van der Waals surface area contributed by atoms with Crippen molar-refractivity contribution in [1.82, 2.24) is 0 Å². The highest BCUT2D eigenvalue weighted by molar-refractivity contribution is 7.92. The third-order valence-corrected chi connectivity index (χ3v) is 13.9. The Labute approximate surface area is 212 Å². The van der Waals surface area contributed by atoms with Gasteiger partial charge in [-0.05, 0) is 130 Å². The van der Waals surface area contributed by atoms with E-state index in [2.05, 4.69) is 13.8 Å². The monoisotopic (exact) mass is 502 g/mol. The van der Waals surface area contributed by atoms with Crippen LogP contribution in [-0.4, -0.2) is 36.6 Å². The molecular formula is C30H46O4S. The van der Waals surface area contributed by atoms with Gasteiger partial charge in [0, 0.05) is 6.61 Å². The van der Waals surface area contributed by atoms with E-state index in [0.29, 0.717) is 40.4 Å². The van der Waals surface area contributed by atoms with Crippen LogP contribution < -0.4 is 0 Å². The van der Waals surface area contributed by atoms with Crippen LogP contribution >= 0.6 is 0 Å². The Balaban J connectivity index is 1.29. The average Bonchev–Trinajstić information content (AvgIpc) is 3.19. The van der Waals surface area contributed by atoms with Crippen LogP contribution in [0.25, 0.3) is 0 Å². The van der Waals surface area contributed by atoms with Gasteiger partial charge in [0.25, 0.3) is 0 Å². The minimum Gasteiger partial charge on any atom is -0.396 e. The van der Waals surface area contributed by atoms with E-state index < -0.39 is 15.1 Å². The second-order valence-electron chi connectivity index (χ2n) is 13.0. The number of rotatable bonds is 7. The number of hydrogen-bond donors (Lipinski definition) is 2. The summed E-state index contributed by atoms with van der Waals surface area (Å²) in [6.07, 6.45) is 12.7. The predicted molar refractivity (Wildman–Crippen MR) is 140 cm³/mol. The quantitative estimate of drug-likeness (QED) is 0.479. The van der Waals surface area contributed by atoms with Crippen molar-refractivity contribution in [3.63, 3.8) is 0 Å². The summed E-state index contributed by atoms with van der Waals surface area (Å²) < 4.78 is 26.7. The van der Waals surface area contributed by atoms with Crippen LogP contribution in [-0.2, 0) is 9.84 Å². The van der Waals surface area contributed by atoms with Crippen molar-refractivity contribution in [3.05, 3.63) is 30.3 Å². The number of aliphatic hydroxyl groups is 2. The summed E-state index contributed by atoms with van der Waals surface area (Å²) in [5, 5.41) is 19.5. The van der Waals surface area contributed by atoms with Crippen molar-refractivity contribution in [2.45, 2.75) is 107 Å². The lowest BCUT2D eigenvalue weighted by molar-refractivity contribution is -0.127. The van der Waals surface area contributed by atoms with E-state index in [1.165, 1.54) is 44.9 Å². The topological polar surface area (TPSA) is 74.6 Å². The molecule has 4 aliphatic rings. The zero-order valence-corrected chi connectivity index (χ0v) is 22.6. The maximum absolute atomic E-state index is 13.3. The van der Waals surface area contributed by atoms with Crippen LogP contribution in [0.1, 0.15) is 90.9 Å². The summed E-state index contributed by atoms with van der Waals surface area (Å²) >= 11 is 0. The van der Waals surface area contributed by atoms with Crippen LogP contribution in [0.3, 0.4) is 0 Å². The molecule has 9 atom stereocenters. The number of aliphatic hydroxyl groups excluding tert-OH is 2. The highest BCUT2D eigenvalue weighted by Gasteiger charge is 2.59. The van der Waals surface area contributed by atoms with Gasteiger partial charge >= 0.3 is 0 Å². The fraction of sp³-hybridized carbons (Fsp3) is 0.800. The molecule has 4 nitrogen and oxygen atoms in total. The van der Waals surface area contributed by atoms with Crippen molar-refractivity contribution >= 4 is 9.84 Å². The van der Waals surface area contributed by atoms with E-state index >= 15 is 0 Å². The largest absolute Gasteiger partial charge is 0.396 e. The maximum Gasteiger partial charge on any atom is 0.181 e. The zero-order valence-electron chi connectivity index (χ0n) is 21.7. The van der Waals surface area contributed by atoms with Crippen LogP contribution in [0.15, 0.2) is 35.2 Å². The first-order valence-electron chi connectivity index (χ1n) is 14.3. The third kappa shape index (κ3) is 4.42. The first-order valence-corrected chi connectivity index (χ1v) is 15.8. The van der Waals surface area contributed by atoms with Crippen LogP contribution in [0, 0.1) is 40.4 Å². The predicted octanol–water partition coefficient (Wildman–Crippen LogP) is 6.01. The highest BCUT2D eigenvalue weighted by atomic mass is 32.2. The van der Waals surface area contributed by atoms with Gasteiger partial charge in [-0.3, -0.25) is 0 Å². The Bertz CT molecular complexity index is 977. The van der Waals surface area contributed by atoms with Crippen molar-refractivity contribution < 1.29 is 18.6 Å². The van der Waals surface area contributed by atoms with Gasteiger partial charge in [-0.1, -0.05) is 32.0 Å².